The standard InChI is InChI=1S/C31H57NO6.2K/c1-3-5-7-9-11-13-14-16-18-20-22-24-29(34)32(27(31(37)38)25-26-30(35)36)28(33)23-21-19-17-15-12-10-8-6-4-2;;/h27H,3-26H2,1-2H3,(H,35,36)(H,37,38);;/q;2*+1/p-2/t27-;;/m0../s1. The Kier molecular flexibility index (Phi) is 38.1. The van der Waals surface area contributed by atoms with Crippen LogP contribution in [0.1, 0.15) is 168 Å². The van der Waals surface area contributed by atoms with Crippen LogP contribution in [-0.4, -0.2) is 34.7 Å². The fraction of sp³-hybridized carbons (Fsp3) is 0.871. The normalized spacial score (nSPS) is 11.2. The molecule has 0 saturated carbocycles. The van der Waals surface area contributed by atoms with Crippen LogP contribution in [0.25, 0.3) is 0 Å². The number of unbranched alkanes of at least 4 members (excludes halogenated alkanes) is 18. The molecule has 0 aliphatic rings. The minimum absolute atomic E-state index is 0. The van der Waals surface area contributed by atoms with Crippen molar-refractivity contribution in [3.05, 3.63) is 0 Å². The molecule has 0 radical (unpaired) electrons. The fourth-order valence-corrected chi connectivity index (χ4v) is 4.86. The molecule has 0 heterocycles. The topological polar surface area (TPSA) is 118 Å². The van der Waals surface area contributed by atoms with E-state index in [1.807, 2.05) is 0 Å². The second kappa shape index (κ2) is 33.2. The van der Waals surface area contributed by atoms with Gasteiger partial charge in [0.15, 0.2) is 0 Å². The molecule has 1 atom stereocenters. The number of rotatable bonds is 27. The number of carboxylic acid groups (broad SMARTS) is 2. The minimum atomic E-state index is -1.60. The van der Waals surface area contributed by atoms with Crippen LogP contribution in [0.3, 0.4) is 0 Å². The average molecular weight is 616 g/mol. The molecule has 0 saturated heterocycles. The van der Waals surface area contributed by atoms with Crippen LogP contribution in [0, 0.1) is 0 Å². The monoisotopic (exact) mass is 615 g/mol. The Bertz CT molecular complexity index is 647. The number of aliphatic carboxylic acids is 2. The van der Waals surface area contributed by atoms with Crippen molar-refractivity contribution in [3.8, 4) is 0 Å². The maximum Gasteiger partial charge on any atom is 1.00 e. The Balaban J connectivity index is -0.00000684. The molecule has 0 N–H and O–H groups in total. The molecule has 0 aromatic carbocycles. The van der Waals surface area contributed by atoms with Gasteiger partial charge in [0, 0.05) is 18.8 Å². The molecule has 0 aliphatic carbocycles. The first-order valence-electron chi connectivity index (χ1n) is 15.6. The SMILES string of the molecule is CCCCCCCCCCCCCC(=O)N(C(=O)CCCCCCCCCCC)[C@@H](CCC(=O)[O-])C(=O)[O-].[K+].[K+]. The molecule has 40 heavy (non-hydrogen) atoms. The van der Waals surface area contributed by atoms with Gasteiger partial charge in [-0.3, -0.25) is 14.5 Å². The summed E-state index contributed by atoms with van der Waals surface area (Å²) in [5.74, 6) is -4.11. The number of hydrogen-bond donors (Lipinski definition) is 0. The first kappa shape index (κ1) is 45.8. The third-order valence-electron chi connectivity index (χ3n) is 7.23. The van der Waals surface area contributed by atoms with Crippen molar-refractivity contribution in [2.45, 2.75) is 174 Å². The molecular formula is C31H55K2NO6. The third-order valence-corrected chi connectivity index (χ3v) is 7.23. The first-order chi connectivity index (χ1) is 18.3. The summed E-state index contributed by atoms with van der Waals surface area (Å²) in [4.78, 5) is 49.3. The van der Waals surface area contributed by atoms with E-state index >= 15 is 0 Å². The summed E-state index contributed by atoms with van der Waals surface area (Å²) in [6.45, 7) is 4.40. The van der Waals surface area contributed by atoms with E-state index in [2.05, 4.69) is 13.8 Å². The van der Waals surface area contributed by atoms with Crippen molar-refractivity contribution in [1.82, 2.24) is 4.90 Å². The van der Waals surface area contributed by atoms with Crippen LogP contribution in [0.4, 0.5) is 0 Å². The van der Waals surface area contributed by atoms with E-state index < -0.39 is 42.6 Å². The zero-order valence-corrected chi connectivity index (χ0v) is 32.7. The first-order valence-corrected chi connectivity index (χ1v) is 15.6. The summed E-state index contributed by atoms with van der Waals surface area (Å²) >= 11 is 0. The van der Waals surface area contributed by atoms with Gasteiger partial charge in [0.05, 0.1) is 12.0 Å². The molecule has 0 bridgehead atoms. The Morgan fingerprint density at radius 2 is 0.800 bits per heavy atom. The molecular weight excluding hydrogens is 561 g/mol. The summed E-state index contributed by atoms with van der Waals surface area (Å²) in [6, 6.07) is -1.57. The van der Waals surface area contributed by atoms with E-state index in [0.29, 0.717) is 12.8 Å². The molecule has 7 nitrogen and oxygen atoms in total. The molecule has 0 rings (SSSR count). The largest absolute Gasteiger partial charge is 1.00 e. The van der Waals surface area contributed by atoms with Gasteiger partial charge in [-0.25, -0.2) is 0 Å². The van der Waals surface area contributed by atoms with Gasteiger partial charge in [-0.2, -0.15) is 0 Å². The number of imide groups is 1. The zero-order valence-electron chi connectivity index (χ0n) is 26.4. The van der Waals surface area contributed by atoms with Gasteiger partial charge in [-0.05, 0) is 25.7 Å². The number of nitrogens with zero attached hydrogens (tertiary/aromatic N) is 1. The van der Waals surface area contributed by atoms with Gasteiger partial charge in [0.2, 0.25) is 11.8 Å². The number of hydrogen-bond acceptors (Lipinski definition) is 6. The van der Waals surface area contributed by atoms with Gasteiger partial charge < -0.3 is 19.8 Å². The Hall–Kier alpha value is 1.35. The number of carboxylic acids is 2. The molecule has 0 unspecified atom stereocenters. The van der Waals surface area contributed by atoms with E-state index in [-0.39, 0.29) is 116 Å². The summed E-state index contributed by atoms with van der Waals surface area (Å²) in [7, 11) is 0. The molecule has 2 amide bonds. The van der Waals surface area contributed by atoms with Gasteiger partial charge in [0.1, 0.15) is 0 Å². The summed E-state index contributed by atoms with van der Waals surface area (Å²) in [5.41, 5.74) is 0. The second-order valence-corrected chi connectivity index (χ2v) is 10.8. The van der Waals surface area contributed by atoms with Gasteiger partial charge >= 0.3 is 103 Å². The van der Waals surface area contributed by atoms with Crippen molar-refractivity contribution in [2.75, 3.05) is 0 Å². The number of carbonyl (C=O) groups excluding carboxylic acids is 4. The number of carbonyl (C=O) groups is 4. The second-order valence-electron chi connectivity index (χ2n) is 10.8. The molecule has 0 aromatic rings. The molecule has 0 aromatic heterocycles. The fourth-order valence-electron chi connectivity index (χ4n) is 4.86. The Morgan fingerprint density at radius 3 is 1.07 bits per heavy atom. The van der Waals surface area contributed by atoms with Crippen molar-refractivity contribution >= 4 is 23.8 Å². The van der Waals surface area contributed by atoms with Crippen molar-refractivity contribution in [1.29, 1.82) is 0 Å². The zero-order chi connectivity index (χ0) is 28.4. The molecule has 0 spiro atoms. The molecule has 0 fully saturated rings. The predicted octanol–water partition coefficient (Wildman–Crippen LogP) is -0.380. The van der Waals surface area contributed by atoms with Crippen LogP contribution in [0.5, 0.6) is 0 Å². The van der Waals surface area contributed by atoms with E-state index in [1.54, 1.807) is 0 Å². The van der Waals surface area contributed by atoms with Gasteiger partial charge in [-0.15, -0.1) is 0 Å². The van der Waals surface area contributed by atoms with Crippen molar-refractivity contribution in [2.24, 2.45) is 0 Å². The van der Waals surface area contributed by atoms with E-state index in [0.717, 1.165) is 43.4 Å². The molecule has 0 aliphatic heterocycles. The Labute approximate surface area is 330 Å². The maximum absolute atomic E-state index is 12.9. The van der Waals surface area contributed by atoms with Crippen LogP contribution >= 0.6 is 0 Å². The van der Waals surface area contributed by atoms with Crippen molar-refractivity contribution < 1.29 is 132 Å². The van der Waals surface area contributed by atoms with E-state index in [9.17, 15) is 29.4 Å². The van der Waals surface area contributed by atoms with Crippen LogP contribution < -0.4 is 113 Å². The summed E-state index contributed by atoms with van der Waals surface area (Å²) in [6.07, 6.45) is 21.2. The van der Waals surface area contributed by atoms with Crippen LogP contribution in [-0.2, 0) is 19.2 Å². The third kappa shape index (κ3) is 26.9. The summed E-state index contributed by atoms with van der Waals surface area (Å²) < 4.78 is 0. The smallest absolute Gasteiger partial charge is 0.550 e. The quantitative estimate of drug-likeness (QED) is 0.0919. The average Bonchev–Trinajstić information content (AvgIpc) is 2.88. The van der Waals surface area contributed by atoms with Gasteiger partial charge in [0.25, 0.3) is 0 Å². The minimum Gasteiger partial charge on any atom is -0.550 e. The van der Waals surface area contributed by atoms with Crippen molar-refractivity contribution in [3.63, 3.8) is 0 Å². The predicted molar refractivity (Wildman–Crippen MR) is 148 cm³/mol. The van der Waals surface area contributed by atoms with Crippen LogP contribution in [0.15, 0.2) is 0 Å². The van der Waals surface area contributed by atoms with E-state index in [4.69, 9.17) is 0 Å². The molecule has 9 heteroatoms. The maximum atomic E-state index is 12.9. The number of amides is 2. The Morgan fingerprint density at radius 1 is 0.500 bits per heavy atom. The molecule has 222 valence electrons. The van der Waals surface area contributed by atoms with Gasteiger partial charge in [-0.1, -0.05) is 129 Å². The van der Waals surface area contributed by atoms with E-state index in [1.165, 1.54) is 77.0 Å². The van der Waals surface area contributed by atoms with Crippen LogP contribution in [0.2, 0.25) is 0 Å². The summed E-state index contributed by atoms with van der Waals surface area (Å²) in [5, 5.41) is 22.7.